The largest absolute Gasteiger partial charge is 0.508 e. The number of aliphatic hydroxyl groups is 1. The van der Waals surface area contributed by atoms with E-state index in [1.165, 1.54) is 43.3 Å². The molecule has 0 aromatic heterocycles. The number of rotatable bonds is 47. The third-order valence-corrected chi connectivity index (χ3v) is 22.2. The second kappa shape index (κ2) is 52.0. The summed E-state index contributed by atoms with van der Waals surface area (Å²) in [5, 5.41) is 10.3. The highest BCUT2D eigenvalue weighted by molar-refractivity contribution is 5.66. The van der Waals surface area contributed by atoms with E-state index < -0.39 is 163 Å². The molecule has 45 heteroatoms. The van der Waals surface area contributed by atoms with Gasteiger partial charge in [-0.3, -0.25) is 4.79 Å². The van der Waals surface area contributed by atoms with Gasteiger partial charge in [0, 0.05) is 50.0 Å². The minimum atomic E-state index is -8.70. The van der Waals surface area contributed by atoms with E-state index in [0.29, 0.717) is 49.5 Å². The monoisotopic (exact) mass is 2070 g/mol. The molecule has 0 saturated carbocycles. The van der Waals surface area contributed by atoms with Crippen LogP contribution in [0.4, 0.5) is 159 Å². The maximum atomic E-state index is 14.6. The highest BCUT2D eigenvalue weighted by atomic mass is 19.4. The second-order valence-corrected chi connectivity index (χ2v) is 31.4. The molecule has 1 N–H and O–H groups in total. The fourth-order valence-corrected chi connectivity index (χ4v) is 14.2. The van der Waals surface area contributed by atoms with Gasteiger partial charge >= 0.3 is 114 Å². The van der Waals surface area contributed by atoms with Crippen molar-refractivity contribution in [2.24, 2.45) is 11.8 Å². The summed E-state index contributed by atoms with van der Waals surface area (Å²) in [6.45, 7) is 7.68. The molecule has 0 amide bonds. The Bertz CT molecular complexity index is 4540. The SMILES string of the molecule is C.C.C.C.C.C.CCC(C)CC(CC(CCO)(c1ccccc1)c1ccc(OCCCC(F)(F)C(F)(F)C(F)(F)C(F)(F)C(F)(F)C(F)(F)C(F)(F)C(F)(F)F)cc1)c1ccccc1.CCC(C)CC(CC(CCOC(=O)OCCCOC(C)=O)(c1ccccc1)c1ccc(OCCCC(F)(F)C(F)(F)C(F)(F)C(F)(F)C(F)(F)C(F)(F)C(F)(F)C(F)(F)F)cc1)c1ccccc1.O=C1OCCCO1. The molecule has 796 valence electrons. The Morgan fingerprint density at radius 2 is 0.612 bits per heavy atom. The Morgan fingerprint density at radius 1 is 0.338 bits per heavy atom. The fourth-order valence-electron chi connectivity index (χ4n) is 14.2. The molecule has 0 aliphatic carbocycles. The number of alkyl halides is 34. The lowest BCUT2D eigenvalue weighted by molar-refractivity contribution is -0.461. The van der Waals surface area contributed by atoms with Crippen LogP contribution in [0, 0.1) is 11.8 Å². The maximum Gasteiger partial charge on any atom is 0.508 e. The number of carbonyl (C=O) groups is 3. The van der Waals surface area contributed by atoms with Crippen LogP contribution in [0.5, 0.6) is 11.5 Å². The predicted molar refractivity (Wildman–Crippen MR) is 451 cm³/mol. The van der Waals surface area contributed by atoms with Crippen molar-refractivity contribution in [2.75, 3.05) is 52.9 Å². The average molecular weight is 2070 g/mol. The van der Waals surface area contributed by atoms with Crippen LogP contribution in [-0.2, 0) is 39.3 Å². The second-order valence-electron chi connectivity index (χ2n) is 31.4. The van der Waals surface area contributed by atoms with E-state index in [9.17, 15) is 169 Å². The molecule has 1 aliphatic rings. The summed E-state index contributed by atoms with van der Waals surface area (Å²) >= 11 is 0. The zero-order valence-corrected chi connectivity index (χ0v) is 70.9. The van der Waals surface area contributed by atoms with E-state index in [4.69, 9.17) is 23.7 Å². The summed E-state index contributed by atoms with van der Waals surface area (Å²) in [5.41, 5.74) is 2.93. The average Bonchev–Trinajstić information content (AvgIpc) is 0.697. The first kappa shape index (κ1) is 132. The molecule has 6 atom stereocenters. The first-order valence-electron chi connectivity index (χ1n) is 40.6. The Balaban J connectivity index is 0. The van der Waals surface area contributed by atoms with Crippen molar-refractivity contribution in [3.63, 3.8) is 0 Å². The summed E-state index contributed by atoms with van der Waals surface area (Å²) < 4.78 is 499. The molecule has 1 saturated heterocycles. The number of hydrogen-bond donors (Lipinski definition) is 1. The summed E-state index contributed by atoms with van der Waals surface area (Å²) in [7, 11) is 0. The van der Waals surface area contributed by atoms with Crippen LogP contribution in [0.2, 0.25) is 0 Å². The fraction of sp³-hybridized carbons (Fsp3) is 0.585. The van der Waals surface area contributed by atoms with Crippen LogP contribution in [0.25, 0.3) is 0 Å². The van der Waals surface area contributed by atoms with Gasteiger partial charge in [0.25, 0.3) is 0 Å². The minimum Gasteiger partial charge on any atom is -0.494 e. The highest BCUT2D eigenvalue weighted by Gasteiger charge is 2.97. The van der Waals surface area contributed by atoms with Crippen LogP contribution in [0.1, 0.15) is 214 Å². The number of esters is 1. The molecular weight excluding hydrogens is 1950 g/mol. The van der Waals surface area contributed by atoms with Gasteiger partial charge in [0.05, 0.1) is 46.2 Å². The van der Waals surface area contributed by atoms with Gasteiger partial charge in [-0.15, -0.1) is 0 Å². The lowest BCUT2D eigenvalue weighted by Gasteiger charge is -2.42. The quantitative estimate of drug-likeness (QED) is 0.0169. The van der Waals surface area contributed by atoms with Crippen LogP contribution < -0.4 is 9.47 Å². The number of hydrogen-bond acceptors (Lipinski definition) is 11. The number of cyclic esters (lactones) is 2. The van der Waals surface area contributed by atoms with Gasteiger partial charge in [0.1, 0.15) is 11.5 Å². The molecule has 11 nitrogen and oxygen atoms in total. The molecule has 6 aromatic rings. The van der Waals surface area contributed by atoms with Crippen molar-refractivity contribution >= 4 is 18.3 Å². The normalized spacial score (nSPS) is 15.2. The van der Waals surface area contributed by atoms with Gasteiger partial charge in [-0.25, -0.2) is 9.59 Å². The summed E-state index contributed by atoms with van der Waals surface area (Å²) in [5.74, 6) is -114. The summed E-state index contributed by atoms with van der Waals surface area (Å²) in [4.78, 5) is 33.6. The van der Waals surface area contributed by atoms with E-state index in [1.807, 2.05) is 98.8 Å². The number of carbonyl (C=O) groups excluding carboxylic acids is 3. The topological polar surface area (TPSA) is 136 Å². The zero-order chi connectivity index (χ0) is 101. The first-order chi connectivity index (χ1) is 61.2. The summed E-state index contributed by atoms with van der Waals surface area (Å²) in [6.07, 6.45) is -19.9. The highest BCUT2D eigenvalue weighted by Crippen LogP contribution is 2.67. The van der Waals surface area contributed by atoms with E-state index in [0.717, 1.165) is 47.9 Å². The van der Waals surface area contributed by atoms with Gasteiger partial charge < -0.3 is 38.3 Å². The Kier molecular flexibility index (Phi) is 49.2. The predicted octanol–water partition coefficient (Wildman–Crippen LogP) is 31.7. The van der Waals surface area contributed by atoms with Crippen molar-refractivity contribution in [3.8, 4) is 11.5 Å². The smallest absolute Gasteiger partial charge is 0.494 e. The Hall–Kier alpha value is -9.49. The number of benzene rings is 6. The Morgan fingerprint density at radius 3 is 0.892 bits per heavy atom. The van der Waals surface area contributed by atoms with Crippen LogP contribution in [0.3, 0.4) is 0 Å². The van der Waals surface area contributed by atoms with Crippen molar-refractivity contribution in [3.05, 3.63) is 203 Å². The maximum absolute atomic E-state index is 14.6. The van der Waals surface area contributed by atoms with Gasteiger partial charge in [0.15, 0.2) is 0 Å². The van der Waals surface area contributed by atoms with Crippen LogP contribution in [0.15, 0.2) is 170 Å². The number of halogens is 34. The van der Waals surface area contributed by atoms with Gasteiger partial charge in [-0.2, -0.15) is 149 Å². The molecule has 6 unspecified atom stereocenters. The van der Waals surface area contributed by atoms with Crippen molar-refractivity contribution in [2.45, 2.75) is 287 Å². The molecule has 139 heavy (non-hydrogen) atoms. The lowest BCUT2D eigenvalue weighted by Crippen LogP contribution is -2.74. The number of aliphatic hydroxyl groups excluding tert-OH is 1. The molecule has 7 rings (SSSR count). The van der Waals surface area contributed by atoms with Gasteiger partial charge in [0.2, 0.25) is 0 Å². The van der Waals surface area contributed by atoms with Gasteiger partial charge in [-0.05, 0) is 133 Å². The third kappa shape index (κ3) is 29.2. The Labute approximate surface area is 784 Å². The standard InChI is InChI=1S/C45H47F17O6.C39H39F17O2.C4H6O3.6CH4/c1-4-29(2)27-32(31-13-7-5-8-14-31)28-37(33-15-9-6-10-16-33,22-26-68-36(64)67-25-12-24-65-30(3)63)34-17-19-35(20-18-34)66-23-11-21-38(46,47)39(48,49)40(50,51)41(52,53)42(54,55)43(56,57)44(58,59)45(60,61)62;1-3-25(2)23-27(26-11-6-4-7-12-26)24-31(20-21-57,28-13-8-5-9-14-28)29-15-17-30(18-16-29)58-22-10-19-32(40,41)33(42,43)34(44,45)35(46,47)36(48,49)37(50,51)38(52,53)39(54,55)56;5-4-6-2-1-3-7-4;;;;;;/h5-10,13-20,29,32H,4,11-12,21-28H2,1-3H3;4-9,11-18,25,27,57H,3,10,19-24H2,1-2H3;1-3H2;6*1H4. The number of ether oxygens (including phenoxy) is 7. The third-order valence-electron chi connectivity index (χ3n) is 22.2. The van der Waals surface area contributed by atoms with Gasteiger partial charge in [-0.1, -0.05) is 231 Å². The van der Waals surface area contributed by atoms with Crippen LogP contribution in [-0.4, -0.2) is 172 Å². The lowest BCUT2D eigenvalue weighted by atomic mass is 9.65. The molecule has 1 fully saturated rings. The molecule has 0 spiro atoms. The van der Waals surface area contributed by atoms with Crippen LogP contribution >= 0.6 is 0 Å². The van der Waals surface area contributed by atoms with Crippen molar-refractivity contribution in [1.29, 1.82) is 0 Å². The zero-order valence-electron chi connectivity index (χ0n) is 70.9. The molecule has 0 bridgehead atoms. The molecular formula is C94H116F34O11. The van der Waals surface area contributed by atoms with E-state index >= 15 is 0 Å². The minimum absolute atomic E-state index is 0. The van der Waals surface area contributed by atoms with E-state index in [1.54, 1.807) is 48.5 Å². The van der Waals surface area contributed by atoms with E-state index in [-0.39, 0.29) is 120 Å². The summed E-state index contributed by atoms with van der Waals surface area (Å²) in [6, 6.07) is 48.5. The van der Waals surface area contributed by atoms with E-state index in [2.05, 4.69) is 23.3 Å². The molecule has 6 aromatic carbocycles. The first-order valence-corrected chi connectivity index (χ1v) is 40.6. The van der Waals surface area contributed by atoms with Crippen molar-refractivity contribution < 1.29 is 202 Å². The van der Waals surface area contributed by atoms with Crippen molar-refractivity contribution in [1.82, 2.24) is 0 Å². The molecule has 0 radical (unpaired) electrons. The molecule has 1 heterocycles. The molecule has 1 aliphatic heterocycles.